The number of benzene rings is 1. The summed E-state index contributed by atoms with van der Waals surface area (Å²) in [5.74, 6) is 0.306. The van der Waals surface area contributed by atoms with Gasteiger partial charge in [0.15, 0.2) is 0 Å². The number of hydrogen-bond acceptors (Lipinski definition) is 3. The fraction of sp³-hybridized carbons (Fsp3) is 0.400. The van der Waals surface area contributed by atoms with E-state index in [1.807, 2.05) is 12.1 Å². The van der Waals surface area contributed by atoms with Crippen LogP contribution in [0.25, 0.3) is 10.6 Å². The fourth-order valence-electron chi connectivity index (χ4n) is 2.59. The molecule has 1 aliphatic rings. The number of rotatable bonds is 1. The average molecular weight is 259 g/mol. The quantitative estimate of drug-likeness (QED) is 0.835. The molecule has 1 heterocycles. The van der Waals surface area contributed by atoms with E-state index in [9.17, 15) is 5.11 Å². The Hall–Kier alpha value is -1.35. The van der Waals surface area contributed by atoms with Crippen LogP contribution in [0.15, 0.2) is 24.3 Å². The number of hydrogen-bond donors (Lipinski definition) is 1. The standard InChI is InChI=1S/C15H17NOS/c1-15(2)9-3-4-12-13(15)16-14(18-12)10-5-7-11(17)8-6-10/h5-8,17H,3-4,9H2,1-2H3. The Morgan fingerprint density at radius 2 is 1.94 bits per heavy atom. The highest BCUT2D eigenvalue weighted by Crippen LogP contribution is 2.41. The number of phenolic OH excluding ortho intramolecular Hbond substituents is 1. The van der Waals surface area contributed by atoms with Crippen LogP contribution >= 0.6 is 11.3 Å². The lowest BCUT2D eigenvalue weighted by Crippen LogP contribution is -2.23. The van der Waals surface area contributed by atoms with Gasteiger partial charge in [-0.05, 0) is 43.5 Å². The van der Waals surface area contributed by atoms with Crippen molar-refractivity contribution in [3.8, 4) is 16.3 Å². The molecule has 0 unspecified atom stereocenters. The Labute approximate surface area is 111 Å². The fourth-order valence-corrected chi connectivity index (χ4v) is 3.88. The van der Waals surface area contributed by atoms with Gasteiger partial charge in [-0.2, -0.15) is 0 Å². The minimum atomic E-state index is 0.208. The van der Waals surface area contributed by atoms with Crippen LogP contribution in [0.5, 0.6) is 5.75 Å². The van der Waals surface area contributed by atoms with Gasteiger partial charge in [0.2, 0.25) is 0 Å². The number of nitrogens with zero attached hydrogens (tertiary/aromatic N) is 1. The highest BCUT2D eigenvalue weighted by molar-refractivity contribution is 7.15. The first-order chi connectivity index (χ1) is 8.56. The smallest absolute Gasteiger partial charge is 0.123 e. The van der Waals surface area contributed by atoms with Gasteiger partial charge in [-0.15, -0.1) is 11.3 Å². The summed E-state index contributed by atoms with van der Waals surface area (Å²) in [6.45, 7) is 4.57. The highest BCUT2D eigenvalue weighted by atomic mass is 32.1. The predicted octanol–water partition coefficient (Wildman–Crippen LogP) is 4.13. The molecule has 0 aliphatic heterocycles. The van der Waals surface area contributed by atoms with Crippen molar-refractivity contribution < 1.29 is 5.11 Å². The van der Waals surface area contributed by atoms with Crippen LogP contribution in [0.4, 0.5) is 0 Å². The normalized spacial score (nSPS) is 17.4. The molecule has 0 bridgehead atoms. The van der Waals surface area contributed by atoms with Gasteiger partial charge in [-0.3, -0.25) is 0 Å². The Morgan fingerprint density at radius 1 is 1.22 bits per heavy atom. The maximum atomic E-state index is 9.33. The van der Waals surface area contributed by atoms with Crippen molar-refractivity contribution in [3.05, 3.63) is 34.8 Å². The number of aryl methyl sites for hydroxylation is 1. The summed E-state index contributed by atoms with van der Waals surface area (Å²) in [7, 11) is 0. The monoisotopic (exact) mass is 259 g/mol. The topological polar surface area (TPSA) is 33.1 Å². The molecule has 0 radical (unpaired) electrons. The summed E-state index contributed by atoms with van der Waals surface area (Å²) in [6.07, 6.45) is 3.64. The molecule has 1 aromatic carbocycles. The van der Waals surface area contributed by atoms with E-state index >= 15 is 0 Å². The van der Waals surface area contributed by atoms with E-state index in [2.05, 4.69) is 13.8 Å². The van der Waals surface area contributed by atoms with Gasteiger partial charge in [-0.25, -0.2) is 4.98 Å². The second-order valence-electron chi connectivity index (χ2n) is 5.58. The molecule has 18 heavy (non-hydrogen) atoms. The van der Waals surface area contributed by atoms with E-state index in [0.717, 1.165) is 17.0 Å². The van der Waals surface area contributed by atoms with Crippen molar-refractivity contribution >= 4 is 11.3 Å². The summed E-state index contributed by atoms with van der Waals surface area (Å²) < 4.78 is 0. The Morgan fingerprint density at radius 3 is 2.61 bits per heavy atom. The Balaban J connectivity index is 2.05. The van der Waals surface area contributed by atoms with Gasteiger partial charge >= 0.3 is 0 Å². The predicted molar refractivity (Wildman–Crippen MR) is 75.2 cm³/mol. The summed E-state index contributed by atoms with van der Waals surface area (Å²) in [5, 5.41) is 10.4. The third kappa shape index (κ3) is 1.93. The van der Waals surface area contributed by atoms with Crippen LogP contribution in [0.3, 0.4) is 0 Å². The van der Waals surface area contributed by atoms with Crippen LogP contribution in [0.1, 0.15) is 37.3 Å². The minimum Gasteiger partial charge on any atom is -0.508 e. The zero-order valence-electron chi connectivity index (χ0n) is 10.7. The second kappa shape index (κ2) is 4.09. The zero-order valence-corrected chi connectivity index (χ0v) is 11.5. The molecule has 3 heteroatoms. The average Bonchev–Trinajstić information content (AvgIpc) is 2.75. The summed E-state index contributed by atoms with van der Waals surface area (Å²) in [5.41, 5.74) is 2.59. The van der Waals surface area contributed by atoms with Gasteiger partial charge in [0.05, 0.1) is 5.69 Å². The first kappa shape index (κ1) is 11.7. The van der Waals surface area contributed by atoms with Crippen molar-refractivity contribution in [1.82, 2.24) is 4.98 Å². The molecule has 0 fully saturated rings. The van der Waals surface area contributed by atoms with E-state index in [-0.39, 0.29) is 5.41 Å². The van der Waals surface area contributed by atoms with Crippen molar-refractivity contribution in [2.75, 3.05) is 0 Å². The van der Waals surface area contributed by atoms with Gasteiger partial charge < -0.3 is 5.11 Å². The molecule has 1 aliphatic carbocycles. The van der Waals surface area contributed by atoms with E-state index in [0.29, 0.717) is 5.75 Å². The molecular weight excluding hydrogens is 242 g/mol. The molecule has 0 atom stereocenters. The van der Waals surface area contributed by atoms with Crippen LogP contribution in [-0.2, 0) is 11.8 Å². The molecule has 1 aromatic heterocycles. The van der Waals surface area contributed by atoms with Crippen molar-refractivity contribution in [2.24, 2.45) is 0 Å². The summed E-state index contributed by atoms with van der Waals surface area (Å²) >= 11 is 1.80. The van der Waals surface area contributed by atoms with Gasteiger partial charge in [-0.1, -0.05) is 13.8 Å². The molecular formula is C15H17NOS. The van der Waals surface area contributed by atoms with E-state index in [4.69, 9.17) is 4.98 Å². The third-order valence-corrected chi connectivity index (χ3v) is 4.82. The molecule has 1 N–H and O–H groups in total. The van der Waals surface area contributed by atoms with Gasteiger partial charge in [0.1, 0.15) is 10.8 Å². The lowest BCUT2D eigenvalue weighted by molar-refractivity contribution is 0.424. The SMILES string of the molecule is CC1(C)CCCc2sc(-c3ccc(O)cc3)nc21. The Bertz CT molecular complexity index is 569. The van der Waals surface area contributed by atoms with Gasteiger partial charge in [0, 0.05) is 15.9 Å². The maximum absolute atomic E-state index is 9.33. The molecule has 0 saturated carbocycles. The first-order valence-electron chi connectivity index (χ1n) is 6.36. The van der Waals surface area contributed by atoms with Crippen molar-refractivity contribution in [1.29, 1.82) is 0 Å². The molecule has 3 rings (SSSR count). The first-order valence-corrected chi connectivity index (χ1v) is 7.17. The van der Waals surface area contributed by atoms with Gasteiger partial charge in [0.25, 0.3) is 0 Å². The molecule has 0 amide bonds. The van der Waals surface area contributed by atoms with Crippen LogP contribution in [0.2, 0.25) is 0 Å². The molecule has 94 valence electrons. The van der Waals surface area contributed by atoms with E-state index < -0.39 is 0 Å². The second-order valence-corrected chi connectivity index (χ2v) is 6.66. The van der Waals surface area contributed by atoms with Crippen LogP contribution in [-0.4, -0.2) is 10.1 Å². The largest absolute Gasteiger partial charge is 0.508 e. The maximum Gasteiger partial charge on any atom is 0.123 e. The lowest BCUT2D eigenvalue weighted by Gasteiger charge is -2.28. The van der Waals surface area contributed by atoms with E-state index in [1.165, 1.54) is 23.4 Å². The third-order valence-electron chi connectivity index (χ3n) is 3.66. The Kier molecular flexibility index (Phi) is 2.67. The van der Waals surface area contributed by atoms with Crippen LogP contribution in [0, 0.1) is 0 Å². The molecule has 0 spiro atoms. The highest BCUT2D eigenvalue weighted by Gasteiger charge is 2.31. The number of aromatic hydroxyl groups is 1. The number of phenols is 1. The van der Waals surface area contributed by atoms with E-state index in [1.54, 1.807) is 23.5 Å². The molecule has 0 saturated heterocycles. The zero-order chi connectivity index (χ0) is 12.8. The van der Waals surface area contributed by atoms with Crippen molar-refractivity contribution in [3.63, 3.8) is 0 Å². The van der Waals surface area contributed by atoms with Crippen molar-refractivity contribution in [2.45, 2.75) is 38.5 Å². The summed E-state index contributed by atoms with van der Waals surface area (Å²) in [6, 6.07) is 7.32. The number of thiazole rings is 1. The molecule has 2 nitrogen and oxygen atoms in total. The molecule has 2 aromatic rings. The number of fused-ring (bicyclic) bond motifs is 1. The lowest BCUT2D eigenvalue weighted by atomic mass is 9.79. The summed E-state index contributed by atoms with van der Waals surface area (Å²) in [4.78, 5) is 6.28. The number of aromatic nitrogens is 1. The minimum absolute atomic E-state index is 0.208. The van der Waals surface area contributed by atoms with Crippen LogP contribution < -0.4 is 0 Å².